The minimum Gasteiger partial charge on any atom is -0.325 e. The second kappa shape index (κ2) is 6.06. The van der Waals surface area contributed by atoms with Crippen LogP contribution >= 0.6 is 0 Å². The Balaban J connectivity index is 1.75. The Morgan fingerprint density at radius 1 is 1.33 bits per heavy atom. The lowest BCUT2D eigenvalue weighted by molar-refractivity contribution is -0.115. The van der Waals surface area contributed by atoms with Gasteiger partial charge in [-0.15, -0.1) is 0 Å². The van der Waals surface area contributed by atoms with Crippen molar-refractivity contribution in [1.82, 2.24) is 10.3 Å². The van der Waals surface area contributed by atoms with Gasteiger partial charge in [0.15, 0.2) is 0 Å². The Hall–Kier alpha value is -2.20. The smallest absolute Gasteiger partial charge is 0.230 e. The van der Waals surface area contributed by atoms with Crippen molar-refractivity contribution in [3.8, 4) is 0 Å². The Bertz CT molecular complexity index is 667. The molecule has 1 amide bonds. The minimum absolute atomic E-state index is 0.0104. The molecule has 0 bridgehead atoms. The summed E-state index contributed by atoms with van der Waals surface area (Å²) in [6, 6.07) is 9.95. The molecule has 0 atom stereocenters. The normalized spacial score (nSPS) is 13.6. The monoisotopic (exact) mass is 281 g/mol. The van der Waals surface area contributed by atoms with Crippen LogP contribution in [0, 0.1) is 6.92 Å². The largest absolute Gasteiger partial charge is 0.325 e. The molecule has 1 aromatic heterocycles. The SMILES string of the molecule is Cc1cccnc1CC(=O)Nc1cccc2c1CCNC2. The number of carbonyl (C=O) groups is 1. The number of hydrogen-bond acceptors (Lipinski definition) is 3. The first-order chi connectivity index (χ1) is 10.2. The fraction of sp³-hybridized carbons (Fsp3) is 0.294. The number of fused-ring (bicyclic) bond motifs is 1. The van der Waals surface area contributed by atoms with Gasteiger partial charge in [0.1, 0.15) is 0 Å². The molecule has 4 nitrogen and oxygen atoms in total. The number of hydrogen-bond donors (Lipinski definition) is 2. The third kappa shape index (κ3) is 3.11. The van der Waals surface area contributed by atoms with E-state index in [9.17, 15) is 4.79 Å². The van der Waals surface area contributed by atoms with E-state index in [1.54, 1.807) is 6.20 Å². The van der Waals surface area contributed by atoms with Gasteiger partial charge in [-0.3, -0.25) is 9.78 Å². The highest BCUT2D eigenvalue weighted by atomic mass is 16.1. The lowest BCUT2D eigenvalue weighted by Gasteiger charge is -2.20. The lowest BCUT2D eigenvalue weighted by Crippen LogP contribution is -2.25. The summed E-state index contributed by atoms with van der Waals surface area (Å²) in [6.07, 6.45) is 2.99. The zero-order chi connectivity index (χ0) is 14.7. The van der Waals surface area contributed by atoms with Gasteiger partial charge in [-0.25, -0.2) is 0 Å². The van der Waals surface area contributed by atoms with Crippen LogP contribution in [0.2, 0.25) is 0 Å². The van der Waals surface area contributed by atoms with Crippen LogP contribution in [0.15, 0.2) is 36.5 Å². The summed E-state index contributed by atoms with van der Waals surface area (Å²) in [4.78, 5) is 16.5. The second-order valence-electron chi connectivity index (χ2n) is 5.36. The molecule has 2 heterocycles. The molecule has 4 heteroatoms. The number of benzene rings is 1. The Kier molecular flexibility index (Phi) is 3.97. The van der Waals surface area contributed by atoms with Crippen LogP contribution in [-0.2, 0) is 24.2 Å². The van der Waals surface area contributed by atoms with Gasteiger partial charge >= 0.3 is 0 Å². The molecule has 2 N–H and O–H groups in total. The summed E-state index contributed by atoms with van der Waals surface area (Å²) in [5.41, 5.74) is 5.34. The van der Waals surface area contributed by atoms with Gasteiger partial charge in [0.2, 0.25) is 5.91 Å². The van der Waals surface area contributed by atoms with Gasteiger partial charge in [-0.1, -0.05) is 18.2 Å². The number of rotatable bonds is 3. The van der Waals surface area contributed by atoms with Crippen molar-refractivity contribution < 1.29 is 4.79 Å². The van der Waals surface area contributed by atoms with Crippen molar-refractivity contribution in [3.63, 3.8) is 0 Å². The van der Waals surface area contributed by atoms with Gasteiger partial charge in [0.25, 0.3) is 0 Å². The van der Waals surface area contributed by atoms with Crippen LogP contribution in [0.25, 0.3) is 0 Å². The highest BCUT2D eigenvalue weighted by Crippen LogP contribution is 2.23. The molecule has 2 aromatic rings. The first kappa shape index (κ1) is 13.8. The first-order valence-electron chi connectivity index (χ1n) is 7.26. The highest BCUT2D eigenvalue weighted by Gasteiger charge is 2.14. The van der Waals surface area contributed by atoms with Crippen molar-refractivity contribution in [1.29, 1.82) is 0 Å². The van der Waals surface area contributed by atoms with Crippen LogP contribution in [0.4, 0.5) is 5.69 Å². The fourth-order valence-electron chi connectivity index (χ4n) is 2.70. The van der Waals surface area contributed by atoms with E-state index in [2.05, 4.69) is 21.7 Å². The van der Waals surface area contributed by atoms with E-state index in [-0.39, 0.29) is 5.91 Å². The molecule has 0 saturated carbocycles. The number of nitrogens with one attached hydrogen (secondary N) is 2. The highest BCUT2D eigenvalue weighted by molar-refractivity contribution is 5.93. The number of amides is 1. The number of anilines is 1. The molecule has 0 aliphatic carbocycles. The Labute approximate surface area is 124 Å². The van der Waals surface area contributed by atoms with E-state index in [1.165, 1.54) is 11.1 Å². The summed E-state index contributed by atoms with van der Waals surface area (Å²) in [5, 5.41) is 6.39. The van der Waals surface area contributed by atoms with Crippen LogP contribution in [0.3, 0.4) is 0 Å². The quantitative estimate of drug-likeness (QED) is 0.907. The van der Waals surface area contributed by atoms with Gasteiger partial charge in [0, 0.05) is 18.4 Å². The molecule has 1 aliphatic heterocycles. The molecule has 108 valence electrons. The standard InChI is InChI=1S/C17H19N3O/c1-12-4-3-8-19-16(12)10-17(21)20-15-6-2-5-13-11-18-9-7-14(13)15/h2-6,8,18H,7,9-11H2,1H3,(H,20,21). The number of aryl methyl sites for hydroxylation is 1. The van der Waals surface area contributed by atoms with E-state index in [0.717, 1.165) is 36.5 Å². The van der Waals surface area contributed by atoms with E-state index < -0.39 is 0 Å². The van der Waals surface area contributed by atoms with Crippen LogP contribution in [0.1, 0.15) is 22.4 Å². The number of nitrogens with zero attached hydrogens (tertiary/aromatic N) is 1. The average Bonchev–Trinajstić information content (AvgIpc) is 2.50. The summed E-state index contributed by atoms with van der Waals surface area (Å²) in [5.74, 6) is -0.0104. The number of aromatic nitrogens is 1. The molecule has 3 rings (SSSR count). The molecular formula is C17H19N3O. The first-order valence-corrected chi connectivity index (χ1v) is 7.26. The third-order valence-electron chi connectivity index (χ3n) is 3.86. The van der Waals surface area contributed by atoms with Gasteiger partial charge in [-0.05, 0) is 48.7 Å². The molecule has 0 unspecified atom stereocenters. The molecule has 0 radical (unpaired) electrons. The van der Waals surface area contributed by atoms with Crippen molar-refractivity contribution in [2.45, 2.75) is 26.3 Å². The molecule has 0 fully saturated rings. The van der Waals surface area contributed by atoms with E-state index in [4.69, 9.17) is 0 Å². The van der Waals surface area contributed by atoms with Crippen molar-refractivity contribution in [2.24, 2.45) is 0 Å². The number of carbonyl (C=O) groups excluding carboxylic acids is 1. The van der Waals surface area contributed by atoms with Gasteiger partial charge < -0.3 is 10.6 Å². The second-order valence-corrected chi connectivity index (χ2v) is 5.36. The van der Waals surface area contributed by atoms with Gasteiger partial charge in [-0.2, -0.15) is 0 Å². The molecule has 0 saturated heterocycles. The molecule has 1 aromatic carbocycles. The van der Waals surface area contributed by atoms with Crippen molar-refractivity contribution in [3.05, 3.63) is 58.9 Å². The predicted molar refractivity (Wildman–Crippen MR) is 83.2 cm³/mol. The average molecular weight is 281 g/mol. The minimum atomic E-state index is -0.0104. The van der Waals surface area contributed by atoms with Crippen molar-refractivity contribution >= 4 is 11.6 Å². The number of pyridine rings is 1. The Morgan fingerprint density at radius 2 is 2.24 bits per heavy atom. The summed E-state index contributed by atoms with van der Waals surface area (Å²) >= 11 is 0. The topological polar surface area (TPSA) is 54.0 Å². The van der Waals surface area contributed by atoms with Crippen LogP contribution < -0.4 is 10.6 Å². The van der Waals surface area contributed by atoms with Crippen LogP contribution in [0.5, 0.6) is 0 Å². The molecular weight excluding hydrogens is 262 g/mol. The maximum atomic E-state index is 12.3. The predicted octanol–water partition coefficient (Wildman–Crippen LogP) is 2.22. The maximum Gasteiger partial charge on any atom is 0.230 e. The fourth-order valence-corrected chi connectivity index (χ4v) is 2.70. The summed E-state index contributed by atoms with van der Waals surface area (Å²) in [6.45, 7) is 3.81. The zero-order valence-corrected chi connectivity index (χ0v) is 12.1. The zero-order valence-electron chi connectivity index (χ0n) is 12.1. The lowest BCUT2D eigenvalue weighted by atomic mass is 9.99. The maximum absolute atomic E-state index is 12.3. The molecule has 1 aliphatic rings. The third-order valence-corrected chi connectivity index (χ3v) is 3.86. The van der Waals surface area contributed by atoms with E-state index in [0.29, 0.717) is 6.42 Å². The summed E-state index contributed by atoms with van der Waals surface area (Å²) < 4.78 is 0. The van der Waals surface area contributed by atoms with Crippen molar-refractivity contribution in [2.75, 3.05) is 11.9 Å². The van der Waals surface area contributed by atoms with Crippen LogP contribution in [-0.4, -0.2) is 17.4 Å². The Morgan fingerprint density at radius 3 is 3.10 bits per heavy atom. The molecule has 21 heavy (non-hydrogen) atoms. The van der Waals surface area contributed by atoms with E-state index >= 15 is 0 Å². The molecule has 0 spiro atoms. The van der Waals surface area contributed by atoms with Gasteiger partial charge in [0.05, 0.1) is 12.1 Å². The summed E-state index contributed by atoms with van der Waals surface area (Å²) in [7, 11) is 0. The van der Waals surface area contributed by atoms with E-state index in [1.807, 2.05) is 31.2 Å².